The molecule has 1 N–H and O–H groups in total. The number of ether oxygens (including phenoxy) is 2. The van der Waals surface area contributed by atoms with E-state index in [1.807, 2.05) is 55.6 Å². The highest BCUT2D eigenvalue weighted by Crippen LogP contribution is 2.27. The molecule has 2 aromatic carbocycles. The number of methoxy groups -OCH3 is 1. The molecule has 0 atom stereocenters. The highest BCUT2D eigenvalue weighted by Gasteiger charge is 2.06. The molecule has 0 radical (unpaired) electrons. The van der Waals surface area contributed by atoms with Crippen molar-refractivity contribution in [3.8, 4) is 11.5 Å². The van der Waals surface area contributed by atoms with E-state index in [0.717, 1.165) is 17.7 Å². The molecule has 26 heavy (non-hydrogen) atoms. The Bertz CT molecular complexity index is 735. The molecular weight excluding hydrogens is 346 g/mol. The smallest absolute Gasteiger partial charge is 0.189 e. The number of benzene rings is 2. The zero-order chi connectivity index (χ0) is 18.8. The average molecular weight is 372 g/mol. The lowest BCUT2D eigenvalue weighted by atomic mass is 10.2. The molecule has 0 amide bonds. The third kappa shape index (κ3) is 6.04. The first-order valence-corrected chi connectivity index (χ1v) is 8.95. The van der Waals surface area contributed by atoms with Crippen LogP contribution < -0.4 is 14.8 Å². The summed E-state index contributed by atoms with van der Waals surface area (Å²) < 4.78 is 11.0. The molecule has 0 bridgehead atoms. The second-order valence-electron chi connectivity index (χ2n) is 5.67. The molecule has 2 aromatic rings. The zero-order valence-electron chi connectivity index (χ0n) is 15.4. The van der Waals surface area contributed by atoms with Crippen LogP contribution in [-0.4, -0.2) is 37.1 Å². The van der Waals surface area contributed by atoms with Gasteiger partial charge in [0.15, 0.2) is 16.6 Å². The van der Waals surface area contributed by atoms with Crippen LogP contribution in [-0.2, 0) is 6.54 Å². The Hall–Kier alpha value is -2.60. The summed E-state index contributed by atoms with van der Waals surface area (Å²) in [6, 6.07) is 15.8. The van der Waals surface area contributed by atoms with Crippen LogP contribution >= 0.6 is 12.2 Å². The average Bonchev–Trinajstić information content (AvgIpc) is 2.69. The Kier molecular flexibility index (Phi) is 7.89. The fourth-order valence-electron chi connectivity index (χ4n) is 2.19. The van der Waals surface area contributed by atoms with E-state index in [-0.39, 0.29) is 0 Å². The summed E-state index contributed by atoms with van der Waals surface area (Å²) in [5, 5.41) is 9.76. The molecular formula is C20H25N3O2S. The van der Waals surface area contributed by atoms with Gasteiger partial charge in [-0.05, 0) is 48.0 Å². The van der Waals surface area contributed by atoms with Gasteiger partial charge in [0, 0.05) is 13.6 Å². The quantitative estimate of drug-likeness (QED) is 0.434. The van der Waals surface area contributed by atoms with Gasteiger partial charge >= 0.3 is 0 Å². The molecule has 5 nitrogen and oxygen atoms in total. The molecule has 2 rings (SSSR count). The van der Waals surface area contributed by atoms with Crippen molar-refractivity contribution in [1.29, 1.82) is 0 Å². The second-order valence-corrected chi connectivity index (χ2v) is 6.06. The van der Waals surface area contributed by atoms with Gasteiger partial charge in [-0.3, -0.25) is 0 Å². The molecule has 0 heterocycles. The fraction of sp³-hybridized carbons (Fsp3) is 0.300. The molecule has 0 aliphatic carbocycles. The third-order valence-corrected chi connectivity index (χ3v) is 4.02. The summed E-state index contributed by atoms with van der Waals surface area (Å²) in [6.45, 7) is 3.39. The minimum Gasteiger partial charge on any atom is -0.493 e. The zero-order valence-corrected chi connectivity index (χ0v) is 16.3. The molecule has 0 spiro atoms. The van der Waals surface area contributed by atoms with E-state index in [1.165, 1.54) is 5.56 Å². The van der Waals surface area contributed by atoms with Gasteiger partial charge in [0.2, 0.25) is 0 Å². The van der Waals surface area contributed by atoms with E-state index in [1.54, 1.807) is 18.3 Å². The topological polar surface area (TPSA) is 46.1 Å². The lowest BCUT2D eigenvalue weighted by Crippen LogP contribution is -2.33. The minimum atomic E-state index is 0.556. The summed E-state index contributed by atoms with van der Waals surface area (Å²) in [5.74, 6) is 1.43. The van der Waals surface area contributed by atoms with E-state index < -0.39 is 0 Å². The van der Waals surface area contributed by atoms with E-state index >= 15 is 0 Å². The standard InChI is InChI=1S/C20H25N3O2S/c1-4-12-25-18-11-10-17(13-19(18)24-3)15-22-23(2)20(26)21-14-16-8-6-5-7-9-16/h5-11,13,15H,4,12,14H2,1-3H3,(H,21,26)/b22-15-. The Morgan fingerprint density at radius 3 is 2.65 bits per heavy atom. The number of hydrazone groups is 1. The lowest BCUT2D eigenvalue weighted by molar-refractivity contribution is 0.294. The summed E-state index contributed by atoms with van der Waals surface area (Å²) in [4.78, 5) is 0. The SMILES string of the molecule is CCCOc1ccc(/C=N\N(C)C(=S)NCc2ccccc2)cc1OC. The van der Waals surface area contributed by atoms with Gasteiger partial charge in [0.25, 0.3) is 0 Å². The van der Waals surface area contributed by atoms with Crippen LogP contribution in [0.1, 0.15) is 24.5 Å². The molecule has 0 unspecified atom stereocenters. The summed E-state index contributed by atoms with van der Waals surface area (Å²) >= 11 is 5.36. The molecule has 0 aliphatic rings. The van der Waals surface area contributed by atoms with Crippen LogP contribution in [0.2, 0.25) is 0 Å². The number of thiocarbonyl (C=S) groups is 1. The lowest BCUT2D eigenvalue weighted by Gasteiger charge is -2.16. The maximum absolute atomic E-state index is 5.66. The van der Waals surface area contributed by atoms with Gasteiger partial charge in [0.1, 0.15) is 0 Å². The Labute approximate surface area is 160 Å². The van der Waals surface area contributed by atoms with Crippen molar-refractivity contribution < 1.29 is 9.47 Å². The van der Waals surface area contributed by atoms with Gasteiger partial charge in [-0.1, -0.05) is 37.3 Å². The predicted molar refractivity (Wildman–Crippen MR) is 110 cm³/mol. The molecule has 6 heteroatoms. The number of rotatable bonds is 8. The van der Waals surface area contributed by atoms with Crippen LogP contribution in [0.15, 0.2) is 53.6 Å². The van der Waals surface area contributed by atoms with E-state index in [2.05, 4.69) is 17.3 Å². The van der Waals surface area contributed by atoms with Gasteiger partial charge < -0.3 is 14.8 Å². The maximum atomic E-state index is 5.66. The molecule has 0 saturated carbocycles. The van der Waals surface area contributed by atoms with Crippen molar-refractivity contribution in [2.24, 2.45) is 5.10 Å². The van der Waals surface area contributed by atoms with Crippen molar-refractivity contribution in [2.45, 2.75) is 19.9 Å². The highest BCUT2D eigenvalue weighted by molar-refractivity contribution is 7.80. The van der Waals surface area contributed by atoms with Crippen molar-refractivity contribution >= 4 is 23.5 Å². The normalized spacial score (nSPS) is 10.6. The summed E-state index contributed by atoms with van der Waals surface area (Å²) in [7, 11) is 3.44. The predicted octanol–water partition coefficient (Wildman–Crippen LogP) is 3.82. The van der Waals surface area contributed by atoms with E-state index in [9.17, 15) is 0 Å². The molecule has 0 fully saturated rings. The monoisotopic (exact) mass is 371 g/mol. The van der Waals surface area contributed by atoms with Crippen molar-refractivity contribution in [3.63, 3.8) is 0 Å². The Morgan fingerprint density at radius 2 is 1.96 bits per heavy atom. The largest absolute Gasteiger partial charge is 0.493 e. The van der Waals surface area contributed by atoms with Crippen molar-refractivity contribution in [1.82, 2.24) is 10.3 Å². The number of hydrogen-bond acceptors (Lipinski definition) is 4. The first-order chi connectivity index (χ1) is 12.6. The van der Waals surface area contributed by atoms with Gasteiger partial charge in [0.05, 0.1) is 19.9 Å². The van der Waals surface area contributed by atoms with E-state index in [0.29, 0.717) is 24.0 Å². The van der Waals surface area contributed by atoms with Crippen LogP contribution in [0.5, 0.6) is 11.5 Å². The van der Waals surface area contributed by atoms with E-state index in [4.69, 9.17) is 21.7 Å². The van der Waals surface area contributed by atoms with Gasteiger partial charge in [-0.25, -0.2) is 5.01 Å². The molecule has 138 valence electrons. The fourth-order valence-corrected chi connectivity index (χ4v) is 2.31. The number of nitrogens with one attached hydrogen (secondary N) is 1. The summed E-state index contributed by atoms with van der Waals surface area (Å²) in [5.41, 5.74) is 2.07. The molecule has 0 saturated heterocycles. The van der Waals surface area contributed by atoms with Gasteiger partial charge in [-0.2, -0.15) is 5.10 Å². The highest BCUT2D eigenvalue weighted by atomic mass is 32.1. The minimum absolute atomic E-state index is 0.556. The van der Waals surface area contributed by atoms with Crippen LogP contribution in [0.4, 0.5) is 0 Å². The second kappa shape index (κ2) is 10.4. The first kappa shape index (κ1) is 19.7. The van der Waals surface area contributed by atoms with Gasteiger partial charge in [-0.15, -0.1) is 0 Å². The summed E-state index contributed by atoms with van der Waals surface area (Å²) in [6.07, 6.45) is 2.69. The number of hydrogen-bond donors (Lipinski definition) is 1. The van der Waals surface area contributed by atoms with Crippen molar-refractivity contribution in [3.05, 3.63) is 59.7 Å². The molecule has 0 aromatic heterocycles. The third-order valence-electron chi connectivity index (χ3n) is 3.61. The molecule has 0 aliphatic heterocycles. The number of nitrogens with zero attached hydrogens (tertiary/aromatic N) is 2. The van der Waals surface area contributed by atoms with Crippen LogP contribution in [0, 0.1) is 0 Å². The van der Waals surface area contributed by atoms with Crippen LogP contribution in [0.3, 0.4) is 0 Å². The first-order valence-electron chi connectivity index (χ1n) is 8.54. The van der Waals surface area contributed by atoms with Crippen molar-refractivity contribution in [2.75, 3.05) is 20.8 Å². The maximum Gasteiger partial charge on any atom is 0.189 e. The Balaban J connectivity index is 1.93. The Morgan fingerprint density at radius 1 is 1.19 bits per heavy atom. The van der Waals surface area contributed by atoms with Crippen LogP contribution in [0.25, 0.3) is 0 Å².